The Morgan fingerprint density at radius 3 is 2.62 bits per heavy atom. The molecule has 0 unspecified atom stereocenters. The van der Waals surface area contributed by atoms with Crippen molar-refractivity contribution >= 4 is 17.8 Å². The smallest absolute Gasteiger partial charge is 0.325 e. The van der Waals surface area contributed by atoms with Crippen molar-refractivity contribution in [1.82, 2.24) is 20.0 Å². The minimum Gasteiger partial charge on any atom is -0.486 e. The van der Waals surface area contributed by atoms with Gasteiger partial charge in [0.2, 0.25) is 0 Å². The minimum atomic E-state index is -0.783. The number of fused-ring (bicyclic) bond motifs is 1. The number of urea groups is 1. The van der Waals surface area contributed by atoms with Gasteiger partial charge in [0.1, 0.15) is 18.8 Å². The summed E-state index contributed by atoms with van der Waals surface area (Å²) in [4.78, 5) is 44.7. The predicted molar refractivity (Wildman–Crippen MR) is 116 cm³/mol. The zero-order chi connectivity index (χ0) is 22.3. The molecule has 0 bridgehead atoms. The highest BCUT2D eigenvalue weighted by atomic mass is 16.6. The van der Waals surface area contributed by atoms with Gasteiger partial charge >= 0.3 is 6.03 Å². The number of hydrogen-bond acceptors (Lipinski definition) is 6. The summed E-state index contributed by atoms with van der Waals surface area (Å²) in [7, 11) is 0. The third-order valence-electron chi connectivity index (χ3n) is 7.05. The molecule has 9 heteroatoms. The van der Waals surface area contributed by atoms with Crippen LogP contribution in [0.15, 0.2) is 18.2 Å². The van der Waals surface area contributed by atoms with Gasteiger partial charge < -0.3 is 24.6 Å². The first-order valence-electron chi connectivity index (χ1n) is 11.6. The molecule has 3 saturated heterocycles. The second-order valence-electron chi connectivity index (χ2n) is 9.08. The zero-order valence-corrected chi connectivity index (χ0v) is 18.5. The van der Waals surface area contributed by atoms with Crippen LogP contribution < -0.4 is 14.8 Å². The van der Waals surface area contributed by atoms with Gasteiger partial charge in [-0.15, -0.1) is 0 Å². The zero-order valence-electron chi connectivity index (χ0n) is 18.5. The molecule has 4 amide bonds. The molecule has 4 heterocycles. The van der Waals surface area contributed by atoms with E-state index in [-0.39, 0.29) is 23.9 Å². The summed E-state index contributed by atoms with van der Waals surface area (Å²) in [6, 6.07) is 4.57. The van der Waals surface area contributed by atoms with Crippen molar-refractivity contribution in [2.45, 2.75) is 44.2 Å². The molecule has 0 radical (unpaired) electrons. The number of imide groups is 1. The second kappa shape index (κ2) is 8.27. The van der Waals surface area contributed by atoms with Gasteiger partial charge in [0.05, 0.1) is 6.04 Å². The predicted octanol–water partition coefficient (Wildman–Crippen LogP) is 1.47. The summed E-state index contributed by atoms with van der Waals surface area (Å²) in [5, 5.41) is 3.00. The number of carbonyl (C=O) groups is 3. The standard InChI is InChI=1S/C23H30N4O5/c1-2-8-25-10-6-23(7-11-25)21(29)27(22(30)24-23)17-5-9-26(15-17)20(28)16-3-4-18-19(14-16)32-13-12-31-18/h3-4,14,17H,2,5-13,15H2,1H3,(H,24,30)/t17-/m0/s1. The van der Waals surface area contributed by atoms with Crippen molar-refractivity contribution in [1.29, 1.82) is 0 Å². The van der Waals surface area contributed by atoms with Gasteiger partial charge in [-0.25, -0.2) is 4.79 Å². The van der Waals surface area contributed by atoms with Crippen LogP contribution in [0.4, 0.5) is 4.79 Å². The first-order valence-corrected chi connectivity index (χ1v) is 11.6. The van der Waals surface area contributed by atoms with Crippen LogP contribution in [0, 0.1) is 0 Å². The van der Waals surface area contributed by atoms with E-state index in [0.717, 1.165) is 26.1 Å². The van der Waals surface area contributed by atoms with Crippen LogP contribution in [0.5, 0.6) is 11.5 Å². The van der Waals surface area contributed by atoms with E-state index in [1.807, 2.05) is 0 Å². The Morgan fingerprint density at radius 2 is 1.88 bits per heavy atom. The highest BCUT2D eigenvalue weighted by Gasteiger charge is 2.54. The molecule has 3 fully saturated rings. The lowest BCUT2D eigenvalue weighted by Gasteiger charge is -2.37. The van der Waals surface area contributed by atoms with Crippen molar-refractivity contribution in [2.24, 2.45) is 0 Å². The van der Waals surface area contributed by atoms with E-state index in [2.05, 4.69) is 17.1 Å². The summed E-state index contributed by atoms with van der Waals surface area (Å²) in [5.41, 5.74) is -0.263. The highest BCUT2D eigenvalue weighted by Crippen LogP contribution is 2.34. The first kappa shape index (κ1) is 21.1. The summed E-state index contributed by atoms with van der Waals surface area (Å²) in [6.45, 7) is 6.60. The fourth-order valence-electron chi connectivity index (χ4n) is 5.28. The van der Waals surface area contributed by atoms with Crippen molar-refractivity contribution < 1.29 is 23.9 Å². The Bertz CT molecular complexity index is 927. The molecule has 1 N–H and O–H groups in total. The molecular formula is C23H30N4O5. The van der Waals surface area contributed by atoms with Crippen LogP contribution in [0.3, 0.4) is 0 Å². The maximum absolute atomic E-state index is 13.3. The molecule has 0 aliphatic carbocycles. The Kier molecular flexibility index (Phi) is 5.44. The van der Waals surface area contributed by atoms with E-state index in [9.17, 15) is 14.4 Å². The summed E-state index contributed by atoms with van der Waals surface area (Å²) in [5.74, 6) is 0.960. The van der Waals surface area contributed by atoms with E-state index in [0.29, 0.717) is 62.6 Å². The van der Waals surface area contributed by atoms with Crippen LogP contribution in [0.25, 0.3) is 0 Å². The van der Waals surface area contributed by atoms with E-state index >= 15 is 0 Å². The highest BCUT2D eigenvalue weighted by molar-refractivity contribution is 6.07. The molecule has 1 spiro atoms. The monoisotopic (exact) mass is 442 g/mol. The molecule has 1 atom stereocenters. The van der Waals surface area contributed by atoms with Crippen LogP contribution in [0.2, 0.25) is 0 Å². The van der Waals surface area contributed by atoms with Crippen LogP contribution in [0.1, 0.15) is 43.0 Å². The van der Waals surface area contributed by atoms with Crippen LogP contribution in [-0.2, 0) is 4.79 Å². The maximum atomic E-state index is 13.3. The quantitative estimate of drug-likeness (QED) is 0.710. The van der Waals surface area contributed by atoms with Gasteiger partial charge in [0.25, 0.3) is 11.8 Å². The molecular weight excluding hydrogens is 412 g/mol. The molecule has 1 aromatic carbocycles. The Morgan fingerprint density at radius 1 is 1.12 bits per heavy atom. The van der Waals surface area contributed by atoms with E-state index < -0.39 is 5.54 Å². The van der Waals surface area contributed by atoms with E-state index in [1.54, 1.807) is 23.1 Å². The minimum absolute atomic E-state index is 0.126. The molecule has 4 aliphatic heterocycles. The number of carbonyl (C=O) groups excluding carboxylic acids is 3. The van der Waals surface area contributed by atoms with Crippen molar-refractivity contribution in [2.75, 3.05) is 45.9 Å². The lowest BCUT2D eigenvalue weighted by atomic mass is 9.87. The Hall–Kier alpha value is -2.81. The van der Waals surface area contributed by atoms with Gasteiger partial charge in [-0.05, 0) is 50.4 Å². The normalized spacial score (nSPS) is 24.8. The number of nitrogens with one attached hydrogen (secondary N) is 1. The van der Waals surface area contributed by atoms with Crippen LogP contribution >= 0.6 is 0 Å². The van der Waals surface area contributed by atoms with Gasteiger partial charge in [0, 0.05) is 31.7 Å². The number of piperidine rings is 1. The maximum Gasteiger partial charge on any atom is 0.325 e. The summed E-state index contributed by atoms with van der Waals surface area (Å²) in [6.07, 6.45) is 2.95. The molecule has 9 nitrogen and oxygen atoms in total. The fourth-order valence-corrected chi connectivity index (χ4v) is 5.28. The molecule has 0 saturated carbocycles. The number of ether oxygens (including phenoxy) is 2. The van der Waals surface area contributed by atoms with Crippen molar-refractivity contribution in [3.63, 3.8) is 0 Å². The fraction of sp³-hybridized carbons (Fsp3) is 0.609. The van der Waals surface area contributed by atoms with E-state index in [1.165, 1.54) is 4.90 Å². The average Bonchev–Trinajstić information content (AvgIpc) is 3.37. The first-order chi connectivity index (χ1) is 15.5. The third-order valence-corrected chi connectivity index (χ3v) is 7.05. The van der Waals surface area contributed by atoms with Gasteiger partial charge in [-0.3, -0.25) is 14.5 Å². The molecule has 4 aliphatic rings. The van der Waals surface area contributed by atoms with Crippen LogP contribution in [-0.4, -0.2) is 90.1 Å². The number of benzene rings is 1. The largest absolute Gasteiger partial charge is 0.486 e. The molecule has 32 heavy (non-hydrogen) atoms. The number of rotatable bonds is 4. The summed E-state index contributed by atoms with van der Waals surface area (Å²) < 4.78 is 11.1. The SMILES string of the molecule is CCCN1CCC2(CC1)NC(=O)N([C@H]1CCN(C(=O)c3ccc4c(c3)OCCO4)C1)C2=O. The van der Waals surface area contributed by atoms with E-state index in [4.69, 9.17) is 9.47 Å². The topological polar surface area (TPSA) is 91.4 Å². The molecule has 0 aromatic heterocycles. The number of nitrogens with zero attached hydrogens (tertiary/aromatic N) is 3. The Labute approximate surface area is 187 Å². The lowest BCUT2D eigenvalue weighted by Crippen LogP contribution is -2.55. The Balaban J connectivity index is 1.25. The number of amides is 4. The summed E-state index contributed by atoms with van der Waals surface area (Å²) >= 11 is 0. The molecule has 5 rings (SSSR count). The van der Waals surface area contributed by atoms with Gasteiger partial charge in [-0.2, -0.15) is 0 Å². The van der Waals surface area contributed by atoms with Gasteiger partial charge in [0.15, 0.2) is 11.5 Å². The number of likely N-dealkylation sites (tertiary alicyclic amines) is 2. The second-order valence-corrected chi connectivity index (χ2v) is 9.08. The number of hydrogen-bond donors (Lipinski definition) is 1. The third kappa shape index (κ3) is 3.58. The molecule has 1 aromatic rings. The molecule has 172 valence electrons. The van der Waals surface area contributed by atoms with Gasteiger partial charge in [-0.1, -0.05) is 6.92 Å². The average molecular weight is 443 g/mol. The lowest BCUT2D eigenvalue weighted by molar-refractivity contribution is -0.134. The van der Waals surface area contributed by atoms with Crippen molar-refractivity contribution in [3.05, 3.63) is 23.8 Å². The van der Waals surface area contributed by atoms with Crippen molar-refractivity contribution in [3.8, 4) is 11.5 Å².